The van der Waals surface area contributed by atoms with Crippen molar-refractivity contribution in [2.24, 2.45) is 0 Å². The Morgan fingerprint density at radius 1 is 1.39 bits per heavy atom. The van der Waals surface area contributed by atoms with E-state index in [1.54, 1.807) is 7.11 Å². The molecule has 1 aliphatic rings. The summed E-state index contributed by atoms with van der Waals surface area (Å²) >= 11 is 0. The van der Waals surface area contributed by atoms with Crippen LogP contribution in [0.5, 0.6) is 0 Å². The number of aromatic nitrogens is 3. The van der Waals surface area contributed by atoms with Crippen LogP contribution in [0, 0.1) is 6.92 Å². The first-order valence-corrected chi connectivity index (χ1v) is 6.39. The molecule has 0 saturated heterocycles. The smallest absolute Gasteiger partial charge is 0.243 e. The van der Waals surface area contributed by atoms with Crippen molar-refractivity contribution in [1.29, 1.82) is 0 Å². The van der Waals surface area contributed by atoms with Gasteiger partial charge >= 0.3 is 0 Å². The van der Waals surface area contributed by atoms with Crippen LogP contribution >= 0.6 is 0 Å². The third-order valence-electron chi connectivity index (χ3n) is 3.62. The Morgan fingerprint density at radius 3 is 3.06 bits per heavy atom. The van der Waals surface area contributed by atoms with Gasteiger partial charge in [0.25, 0.3) is 0 Å². The van der Waals surface area contributed by atoms with Crippen LogP contribution in [0.3, 0.4) is 0 Å². The van der Waals surface area contributed by atoms with Crippen molar-refractivity contribution >= 4 is 11.6 Å². The molecule has 2 atom stereocenters. The summed E-state index contributed by atoms with van der Waals surface area (Å²) in [6, 6.07) is 6.32. The van der Waals surface area contributed by atoms with Gasteiger partial charge in [0.1, 0.15) is 0 Å². The Morgan fingerprint density at radius 2 is 2.28 bits per heavy atom. The molecule has 0 aromatic carbocycles. The Hall–Kier alpha value is -1.62. The summed E-state index contributed by atoms with van der Waals surface area (Å²) in [7, 11) is 1.77. The molecule has 2 aromatic rings. The molecule has 2 heterocycles. The second kappa shape index (κ2) is 4.57. The topological polar surface area (TPSA) is 51.5 Å². The lowest BCUT2D eigenvalue weighted by atomic mass is 10.2. The minimum Gasteiger partial charge on any atom is -0.379 e. The molecule has 0 bridgehead atoms. The van der Waals surface area contributed by atoms with Gasteiger partial charge in [-0.15, -0.1) is 5.10 Å². The van der Waals surface area contributed by atoms with Crippen LogP contribution in [-0.2, 0) is 4.74 Å². The number of rotatable bonds is 3. The fourth-order valence-electron chi connectivity index (χ4n) is 2.64. The van der Waals surface area contributed by atoms with Crippen molar-refractivity contribution in [3.8, 4) is 0 Å². The van der Waals surface area contributed by atoms with E-state index >= 15 is 0 Å². The highest BCUT2D eigenvalue weighted by molar-refractivity contribution is 5.44. The van der Waals surface area contributed by atoms with Gasteiger partial charge in [-0.05, 0) is 38.3 Å². The van der Waals surface area contributed by atoms with Crippen molar-refractivity contribution in [2.75, 3.05) is 12.4 Å². The van der Waals surface area contributed by atoms with Crippen molar-refractivity contribution in [3.05, 3.63) is 23.9 Å². The number of nitrogens with one attached hydrogen (secondary N) is 1. The van der Waals surface area contributed by atoms with Gasteiger partial charge in [-0.2, -0.15) is 4.98 Å². The maximum absolute atomic E-state index is 5.47. The molecule has 0 aliphatic heterocycles. The number of hydrogen-bond donors (Lipinski definition) is 1. The predicted molar refractivity (Wildman–Crippen MR) is 69.8 cm³/mol. The lowest BCUT2D eigenvalue weighted by Gasteiger charge is -2.18. The molecule has 0 spiro atoms. The Bertz CT molecular complexity index is 551. The van der Waals surface area contributed by atoms with E-state index in [0.717, 1.165) is 24.2 Å². The highest BCUT2D eigenvalue weighted by Gasteiger charge is 2.27. The average molecular weight is 246 g/mol. The number of anilines is 1. The number of pyridine rings is 1. The molecule has 18 heavy (non-hydrogen) atoms. The van der Waals surface area contributed by atoms with Crippen LogP contribution < -0.4 is 5.32 Å². The third kappa shape index (κ3) is 1.95. The van der Waals surface area contributed by atoms with E-state index in [9.17, 15) is 0 Å². The molecule has 96 valence electrons. The molecule has 5 heteroatoms. The van der Waals surface area contributed by atoms with Crippen LogP contribution in [0.25, 0.3) is 5.65 Å². The quantitative estimate of drug-likeness (QED) is 0.900. The van der Waals surface area contributed by atoms with Crippen LogP contribution in [0.1, 0.15) is 25.0 Å². The zero-order valence-corrected chi connectivity index (χ0v) is 10.8. The molecule has 1 saturated carbocycles. The SMILES string of the molecule is COC1CCCC1Nc1nc2cccc(C)n2n1. The molecule has 3 rings (SSSR count). The largest absolute Gasteiger partial charge is 0.379 e. The van der Waals surface area contributed by atoms with Crippen molar-refractivity contribution in [2.45, 2.75) is 38.3 Å². The summed E-state index contributed by atoms with van der Waals surface area (Å²) in [5.41, 5.74) is 1.97. The zero-order valence-electron chi connectivity index (χ0n) is 10.8. The summed E-state index contributed by atoms with van der Waals surface area (Å²) in [6.45, 7) is 2.03. The van der Waals surface area contributed by atoms with Crippen molar-refractivity contribution < 1.29 is 4.74 Å². The minimum absolute atomic E-state index is 0.276. The van der Waals surface area contributed by atoms with Gasteiger partial charge in [0.2, 0.25) is 5.95 Å². The number of fused-ring (bicyclic) bond motifs is 1. The second-order valence-corrected chi connectivity index (χ2v) is 4.83. The lowest BCUT2D eigenvalue weighted by Crippen LogP contribution is -2.30. The Balaban J connectivity index is 1.84. The van der Waals surface area contributed by atoms with E-state index in [-0.39, 0.29) is 6.10 Å². The summed E-state index contributed by atoms with van der Waals surface area (Å²) in [4.78, 5) is 4.49. The van der Waals surface area contributed by atoms with E-state index in [1.807, 2.05) is 29.6 Å². The highest BCUT2D eigenvalue weighted by atomic mass is 16.5. The highest BCUT2D eigenvalue weighted by Crippen LogP contribution is 2.24. The van der Waals surface area contributed by atoms with E-state index in [0.29, 0.717) is 12.0 Å². The normalized spacial score (nSPS) is 23.7. The first kappa shape index (κ1) is 11.5. The molecule has 1 fully saturated rings. The first-order chi connectivity index (χ1) is 8.78. The molecule has 0 amide bonds. The van der Waals surface area contributed by atoms with Crippen LogP contribution in [0.2, 0.25) is 0 Å². The van der Waals surface area contributed by atoms with E-state index < -0.39 is 0 Å². The van der Waals surface area contributed by atoms with Gasteiger partial charge in [-0.3, -0.25) is 0 Å². The Labute approximate surface area is 106 Å². The molecule has 1 aliphatic carbocycles. The van der Waals surface area contributed by atoms with Gasteiger partial charge in [-0.1, -0.05) is 6.07 Å². The monoisotopic (exact) mass is 246 g/mol. The van der Waals surface area contributed by atoms with Gasteiger partial charge in [0.15, 0.2) is 5.65 Å². The molecule has 0 radical (unpaired) electrons. The summed E-state index contributed by atoms with van der Waals surface area (Å²) < 4.78 is 7.33. The molecular weight excluding hydrogens is 228 g/mol. The van der Waals surface area contributed by atoms with E-state index in [4.69, 9.17) is 4.74 Å². The van der Waals surface area contributed by atoms with Crippen LogP contribution in [-0.4, -0.2) is 33.9 Å². The standard InChI is InChI=1S/C13H18N4O/c1-9-5-3-8-12-15-13(16-17(9)12)14-10-6-4-7-11(10)18-2/h3,5,8,10-11H,4,6-7H2,1-2H3,(H,14,16). The molecule has 2 unspecified atom stereocenters. The number of hydrogen-bond acceptors (Lipinski definition) is 4. The first-order valence-electron chi connectivity index (χ1n) is 6.39. The number of methoxy groups -OCH3 is 1. The van der Waals surface area contributed by atoms with E-state index in [2.05, 4.69) is 15.4 Å². The fourth-order valence-corrected chi connectivity index (χ4v) is 2.64. The van der Waals surface area contributed by atoms with Crippen molar-refractivity contribution in [3.63, 3.8) is 0 Å². The summed E-state index contributed by atoms with van der Waals surface area (Å²) in [6.07, 6.45) is 3.70. The van der Waals surface area contributed by atoms with Crippen molar-refractivity contribution in [1.82, 2.24) is 14.6 Å². The average Bonchev–Trinajstić information content (AvgIpc) is 2.96. The maximum atomic E-state index is 5.47. The van der Waals surface area contributed by atoms with Gasteiger partial charge < -0.3 is 10.1 Å². The third-order valence-corrected chi connectivity index (χ3v) is 3.62. The van der Waals surface area contributed by atoms with Gasteiger partial charge in [0.05, 0.1) is 12.1 Å². The second-order valence-electron chi connectivity index (χ2n) is 4.83. The fraction of sp³-hybridized carbons (Fsp3) is 0.538. The number of ether oxygens (including phenoxy) is 1. The van der Waals surface area contributed by atoms with E-state index in [1.165, 1.54) is 6.42 Å². The summed E-state index contributed by atoms with van der Waals surface area (Å²) in [5, 5.41) is 7.87. The number of aryl methyl sites for hydroxylation is 1. The zero-order chi connectivity index (χ0) is 12.5. The summed E-state index contributed by atoms with van der Waals surface area (Å²) in [5.74, 6) is 0.693. The van der Waals surface area contributed by atoms with Crippen LogP contribution in [0.15, 0.2) is 18.2 Å². The molecule has 2 aromatic heterocycles. The van der Waals surface area contributed by atoms with Gasteiger partial charge in [-0.25, -0.2) is 4.52 Å². The lowest BCUT2D eigenvalue weighted by molar-refractivity contribution is 0.101. The molecule has 1 N–H and O–H groups in total. The number of nitrogens with zero attached hydrogens (tertiary/aromatic N) is 3. The molecular formula is C13H18N4O. The minimum atomic E-state index is 0.276. The van der Waals surface area contributed by atoms with Gasteiger partial charge in [0, 0.05) is 12.8 Å². The Kier molecular flexibility index (Phi) is 2.91. The maximum Gasteiger partial charge on any atom is 0.243 e. The van der Waals surface area contributed by atoms with Crippen LogP contribution in [0.4, 0.5) is 5.95 Å². The predicted octanol–water partition coefficient (Wildman–Crippen LogP) is 2.02. The molecule has 5 nitrogen and oxygen atoms in total.